The average Bonchev–Trinajstić information content (AvgIpc) is 3.38. The lowest BCUT2D eigenvalue weighted by atomic mass is 9.79. The molecule has 0 aromatic heterocycles. The number of amides is 1. The van der Waals surface area contributed by atoms with E-state index in [1.54, 1.807) is 128 Å². The van der Waals surface area contributed by atoms with Crippen LogP contribution in [0.4, 0.5) is 0 Å². The number of benzene rings is 4. The molecule has 1 amide bonds. The molecule has 1 saturated carbocycles. The van der Waals surface area contributed by atoms with E-state index in [1.165, 1.54) is 0 Å². The molecule has 2 saturated heterocycles. The maximum Gasteiger partial charge on any atom is 0.338 e. The van der Waals surface area contributed by atoms with Gasteiger partial charge in [-0.3, -0.25) is 4.79 Å². The fourth-order valence-corrected chi connectivity index (χ4v) is 9.30. The van der Waals surface area contributed by atoms with Crippen molar-refractivity contribution < 1.29 is 67.0 Å². The van der Waals surface area contributed by atoms with Crippen molar-refractivity contribution in [3.63, 3.8) is 0 Å². The molecule has 2 aliphatic heterocycles. The van der Waals surface area contributed by atoms with Gasteiger partial charge in [-0.2, -0.15) is 0 Å². The Kier molecular flexibility index (Phi) is 18.3. The van der Waals surface area contributed by atoms with Crippen molar-refractivity contribution >= 4 is 29.8 Å². The first-order valence-corrected chi connectivity index (χ1v) is 24.5. The summed E-state index contributed by atoms with van der Waals surface area (Å²) in [5, 5.41) is 15.7. The van der Waals surface area contributed by atoms with Crippen LogP contribution >= 0.6 is 0 Å². The first-order valence-electron chi connectivity index (χ1n) is 24.5. The molecule has 14 atom stereocenters. The number of hydrogen-bond donors (Lipinski definition) is 2. The van der Waals surface area contributed by atoms with Crippen LogP contribution in [0.5, 0.6) is 0 Å². The quantitative estimate of drug-likeness (QED) is 0.0723. The zero-order chi connectivity index (χ0) is 49.7. The zero-order valence-corrected chi connectivity index (χ0v) is 40.3. The number of aliphatic hydroxyl groups is 1. The molecule has 7 rings (SSSR count). The Morgan fingerprint density at radius 2 is 1.13 bits per heavy atom. The molecule has 4 aromatic rings. The monoisotopic (exact) mass is 963 g/mol. The maximum absolute atomic E-state index is 14.4. The summed E-state index contributed by atoms with van der Waals surface area (Å²) in [4.78, 5) is 68.8. The van der Waals surface area contributed by atoms with Gasteiger partial charge in [-0.25, -0.2) is 19.2 Å². The van der Waals surface area contributed by atoms with Gasteiger partial charge in [0.2, 0.25) is 0 Å². The standard InChI is InChI=1S/C55H65NO14/c1-6-20-42(65-51(60)37-23-14-9-15-24-37)49(58)56-41-31-34(4)45(69-54-33(3)29-30-40(7-2)64-54)44(57)48(41)70-55-47(68-53(62)39-27-18-11-19-28-39)35(5)46(67-52(61)38-25-16-10-17-26-38)43(66-55)32-63-50(59)36-21-12-8-13-22-36/h8-19,21-28,33-35,40-48,54-55,57H,6-7,20,29-32H2,1-5H3,(H,56,58)/t33?,34-,35-,40?,41+,42-,43?,44?,45?,46-,47?,48-,54+,55+/m0/s1. The van der Waals surface area contributed by atoms with Crippen LogP contribution in [0.3, 0.4) is 0 Å². The fourth-order valence-electron chi connectivity index (χ4n) is 9.30. The van der Waals surface area contributed by atoms with Gasteiger partial charge in [0.1, 0.15) is 31.0 Å². The molecule has 1 aliphatic carbocycles. The van der Waals surface area contributed by atoms with Crippen LogP contribution in [-0.2, 0) is 42.7 Å². The van der Waals surface area contributed by atoms with E-state index >= 15 is 0 Å². The van der Waals surface area contributed by atoms with Crippen molar-refractivity contribution in [2.45, 2.75) is 141 Å². The minimum Gasteiger partial charge on any atom is -0.459 e. The smallest absolute Gasteiger partial charge is 0.338 e. The van der Waals surface area contributed by atoms with Crippen LogP contribution in [0.25, 0.3) is 0 Å². The Morgan fingerprint density at radius 1 is 0.614 bits per heavy atom. The van der Waals surface area contributed by atoms with E-state index in [0.29, 0.717) is 6.42 Å². The van der Waals surface area contributed by atoms with Gasteiger partial charge in [-0.05, 0) is 86.6 Å². The minimum absolute atomic E-state index is 0.00675. The number of carbonyl (C=O) groups is 5. The number of nitrogens with one attached hydrogen (secondary N) is 1. The van der Waals surface area contributed by atoms with Crippen molar-refractivity contribution in [1.29, 1.82) is 0 Å². The Hall–Kier alpha value is -5.97. The minimum atomic E-state index is -1.53. The number of ether oxygens (including phenoxy) is 8. The molecule has 70 heavy (non-hydrogen) atoms. The van der Waals surface area contributed by atoms with E-state index in [1.807, 2.05) is 27.7 Å². The Labute approximate surface area is 409 Å². The largest absolute Gasteiger partial charge is 0.459 e. The summed E-state index contributed by atoms with van der Waals surface area (Å²) in [5.41, 5.74) is 1.01. The SMILES string of the molecule is CCC[C@H](OC(=O)c1ccccc1)C(=O)N[C@@H]1C[C@H](C)C(O[C@H]2OC(CC)CCC2C)C(O)[C@H]1O[C@H]1OC(COC(=O)c2ccccc2)[C@@H](OC(=O)c2ccccc2)[C@H](C)C1OC(=O)c1ccccc1. The van der Waals surface area contributed by atoms with Crippen LogP contribution in [0.2, 0.25) is 0 Å². The van der Waals surface area contributed by atoms with Crippen LogP contribution in [0.1, 0.15) is 115 Å². The summed E-state index contributed by atoms with van der Waals surface area (Å²) < 4.78 is 50.7. The van der Waals surface area contributed by atoms with E-state index in [0.717, 1.165) is 19.3 Å². The van der Waals surface area contributed by atoms with Crippen molar-refractivity contribution in [3.8, 4) is 0 Å². The summed E-state index contributed by atoms with van der Waals surface area (Å²) in [5.74, 6) is -4.65. The van der Waals surface area contributed by atoms with Gasteiger partial charge in [0.05, 0.1) is 40.5 Å². The zero-order valence-electron chi connectivity index (χ0n) is 40.3. The van der Waals surface area contributed by atoms with Crippen LogP contribution in [0, 0.1) is 17.8 Å². The highest BCUT2D eigenvalue weighted by Gasteiger charge is 2.54. The number of rotatable bonds is 18. The molecule has 374 valence electrons. The van der Waals surface area contributed by atoms with E-state index in [-0.39, 0.29) is 53.0 Å². The summed E-state index contributed by atoms with van der Waals surface area (Å²) >= 11 is 0. The second kappa shape index (κ2) is 24.7. The molecule has 0 bridgehead atoms. The average molecular weight is 964 g/mol. The first-order chi connectivity index (χ1) is 33.8. The summed E-state index contributed by atoms with van der Waals surface area (Å²) in [6, 6.07) is 32.4. The molecule has 3 fully saturated rings. The summed E-state index contributed by atoms with van der Waals surface area (Å²) in [7, 11) is 0. The normalized spacial score (nSPS) is 29.1. The van der Waals surface area contributed by atoms with E-state index in [9.17, 15) is 29.1 Å². The van der Waals surface area contributed by atoms with Gasteiger partial charge in [0.15, 0.2) is 24.8 Å². The number of aliphatic hydroxyl groups excluding tert-OH is 1. The van der Waals surface area contributed by atoms with Crippen LogP contribution in [0.15, 0.2) is 121 Å². The molecule has 0 spiro atoms. The van der Waals surface area contributed by atoms with Crippen molar-refractivity contribution in [3.05, 3.63) is 144 Å². The molecular weight excluding hydrogens is 899 g/mol. The fraction of sp³-hybridized carbons (Fsp3) is 0.473. The molecule has 6 unspecified atom stereocenters. The predicted molar refractivity (Wildman–Crippen MR) is 255 cm³/mol. The number of esters is 4. The molecule has 15 heteroatoms. The summed E-state index contributed by atoms with van der Waals surface area (Å²) in [6.07, 6.45) is -7.32. The van der Waals surface area contributed by atoms with Crippen molar-refractivity contribution in [2.24, 2.45) is 17.8 Å². The lowest BCUT2D eigenvalue weighted by molar-refractivity contribution is -0.323. The molecular formula is C55H65NO14. The molecule has 2 heterocycles. The van der Waals surface area contributed by atoms with Gasteiger partial charge in [-0.1, -0.05) is 114 Å². The van der Waals surface area contributed by atoms with Gasteiger partial charge < -0.3 is 48.3 Å². The number of hydrogen-bond acceptors (Lipinski definition) is 14. The Balaban J connectivity index is 1.24. The topological polar surface area (TPSA) is 191 Å². The molecule has 2 N–H and O–H groups in total. The molecule has 4 aromatic carbocycles. The first kappa shape index (κ1) is 51.9. The third-order valence-corrected chi connectivity index (χ3v) is 13.3. The molecule has 0 radical (unpaired) electrons. The van der Waals surface area contributed by atoms with Crippen LogP contribution in [-0.4, -0.2) is 109 Å². The predicted octanol–water partition coefficient (Wildman–Crippen LogP) is 7.89. The third kappa shape index (κ3) is 13.1. The third-order valence-electron chi connectivity index (χ3n) is 13.3. The Morgan fingerprint density at radius 3 is 1.67 bits per heavy atom. The van der Waals surface area contributed by atoms with E-state index < -0.39 is 104 Å². The lowest BCUT2D eigenvalue weighted by Gasteiger charge is -2.49. The van der Waals surface area contributed by atoms with Gasteiger partial charge >= 0.3 is 23.9 Å². The second-order valence-corrected chi connectivity index (χ2v) is 18.5. The van der Waals surface area contributed by atoms with Gasteiger partial charge in [0.25, 0.3) is 5.91 Å². The van der Waals surface area contributed by atoms with Crippen molar-refractivity contribution in [2.75, 3.05) is 6.61 Å². The van der Waals surface area contributed by atoms with Gasteiger partial charge in [-0.15, -0.1) is 0 Å². The van der Waals surface area contributed by atoms with Crippen molar-refractivity contribution in [1.82, 2.24) is 5.32 Å². The highest BCUT2D eigenvalue weighted by Crippen LogP contribution is 2.39. The highest BCUT2D eigenvalue weighted by atomic mass is 16.7. The number of carbonyl (C=O) groups excluding carboxylic acids is 5. The van der Waals surface area contributed by atoms with E-state index in [2.05, 4.69) is 5.32 Å². The summed E-state index contributed by atoms with van der Waals surface area (Å²) in [6.45, 7) is 9.12. The molecule has 15 nitrogen and oxygen atoms in total. The highest BCUT2D eigenvalue weighted by molar-refractivity contribution is 5.92. The maximum atomic E-state index is 14.4. The van der Waals surface area contributed by atoms with E-state index in [4.69, 9.17) is 37.9 Å². The second-order valence-electron chi connectivity index (χ2n) is 18.5. The van der Waals surface area contributed by atoms with Gasteiger partial charge in [0, 0.05) is 11.8 Å². The lowest BCUT2D eigenvalue weighted by Crippen LogP contribution is -2.65. The van der Waals surface area contributed by atoms with Crippen LogP contribution < -0.4 is 5.32 Å². The Bertz CT molecular complexity index is 2320. The molecule has 3 aliphatic rings.